The minimum Gasteiger partial charge on any atom is -0.382 e. The van der Waals surface area contributed by atoms with Crippen LogP contribution in [-0.4, -0.2) is 59.8 Å². The van der Waals surface area contributed by atoms with Gasteiger partial charge in [0.05, 0.1) is 30.9 Å². The van der Waals surface area contributed by atoms with Gasteiger partial charge >= 0.3 is 0 Å². The second-order valence-electron chi connectivity index (χ2n) is 6.06. The molecule has 1 amide bonds. The molecule has 2 atom stereocenters. The molecule has 2 aromatic heterocycles. The van der Waals surface area contributed by atoms with Crippen molar-refractivity contribution in [3.05, 3.63) is 60.2 Å². The summed E-state index contributed by atoms with van der Waals surface area (Å²) < 4.78 is 11.1. The van der Waals surface area contributed by atoms with E-state index in [2.05, 4.69) is 9.97 Å². The van der Waals surface area contributed by atoms with Gasteiger partial charge in [-0.05, 0) is 36.6 Å². The van der Waals surface area contributed by atoms with E-state index in [0.29, 0.717) is 25.3 Å². The number of amides is 1. The summed E-state index contributed by atoms with van der Waals surface area (Å²) in [7, 11) is 1.66. The SMILES string of the molecule is COCCO[C@@H]1CCN(C(=O)c2cccnc2)[C@@H]1Cc1cccnc1. The number of likely N-dealkylation sites (tertiary alicyclic amines) is 1. The lowest BCUT2D eigenvalue weighted by Crippen LogP contribution is -2.42. The molecule has 1 fully saturated rings. The first-order valence-corrected chi connectivity index (χ1v) is 8.50. The highest BCUT2D eigenvalue weighted by Gasteiger charge is 2.38. The van der Waals surface area contributed by atoms with Gasteiger partial charge in [0.1, 0.15) is 0 Å². The molecule has 1 saturated heterocycles. The molecule has 132 valence electrons. The molecular weight excluding hydrogens is 318 g/mol. The summed E-state index contributed by atoms with van der Waals surface area (Å²) in [5, 5.41) is 0. The summed E-state index contributed by atoms with van der Waals surface area (Å²) in [6.45, 7) is 1.75. The van der Waals surface area contributed by atoms with E-state index in [9.17, 15) is 4.79 Å². The van der Waals surface area contributed by atoms with Crippen LogP contribution in [0.2, 0.25) is 0 Å². The normalized spacial score (nSPS) is 20.0. The average molecular weight is 341 g/mol. The first kappa shape index (κ1) is 17.5. The molecular formula is C19H23N3O3. The van der Waals surface area contributed by atoms with Crippen LogP contribution in [0.15, 0.2) is 49.1 Å². The fourth-order valence-electron chi connectivity index (χ4n) is 3.21. The van der Waals surface area contributed by atoms with Crippen molar-refractivity contribution in [2.75, 3.05) is 26.9 Å². The summed E-state index contributed by atoms with van der Waals surface area (Å²) in [5.41, 5.74) is 1.70. The summed E-state index contributed by atoms with van der Waals surface area (Å²) in [6, 6.07) is 7.51. The summed E-state index contributed by atoms with van der Waals surface area (Å²) >= 11 is 0. The van der Waals surface area contributed by atoms with Gasteiger partial charge in [0.2, 0.25) is 0 Å². The molecule has 3 rings (SSSR count). The number of carbonyl (C=O) groups is 1. The number of carbonyl (C=O) groups excluding carboxylic acids is 1. The van der Waals surface area contributed by atoms with E-state index >= 15 is 0 Å². The highest BCUT2D eigenvalue weighted by molar-refractivity contribution is 5.94. The second kappa shape index (κ2) is 8.69. The summed E-state index contributed by atoms with van der Waals surface area (Å²) in [6.07, 6.45) is 8.42. The van der Waals surface area contributed by atoms with Gasteiger partial charge in [0, 0.05) is 38.4 Å². The molecule has 0 N–H and O–H groups in total. The Morgan fingerprint density at radius 3 is 2.68 bits per heavy atom. The number of ether oxygens (including phenoxy) is 2. The topological polar surface area (TPSA) is 64.6 Å². The molecule has 6 heteroatoms. The molecule has 0 bridgehead atoms. The molecule has 6 nitrogen and oxygen atoms in total. The number of rotatable bonds is 7. The molecule has 0 radical (unpaired) electrons. The van der Waals surface area contributed by atoms with Gasteiger partial charge in [-0.3, -0.25) is 14.8 Å². The standard InChI is InChI=1S/C19H23N3O3/c1-24-10-11-25-18-6-9-22(19(23)16-5-3-8-21-14-16)17(18)12-15-4-2-7-20-13-15/h2-5,7-8,13-14,17-18H,6,9-12H2,1H3/t17-,18-/m1/s1. The van der Waals surface area contributed by atoms with Gasteiger partial charge in [-0.15, -0.1) is 0 Å². The van der Waals surface area contributed by atoms with E-state index < -0.39 is 0 Å². The van der Waals surface area contributed by atoms with Crippen molar-refractivity contribution in [1.29, 1.82) is 0 Å². The number of pyridine rings is 2. The minimum atomic E-state index is -0.0197. The number of methoxy groups -OCH3 is 1. The van der Waals surface area contributed by atoms with Crippen LogP contribution in [0.3, 0.4) is 0 Å². The van der Waals surface area contributed by atoms with E-state index in [0.717, 1.165) is 18.4 Å². The first-order chi connectivity index (χ1) is 12.3. The smallest absolute Gasteiger partial charge is 0.255 e. The van der Waals surface area contributed by atoms with Crippen LogP contribution in [0, 0.1) is 0 Å². The van der Waals surface area contributed by atoms with Crippen LogP contribution in [0.4, 0.5) is 0 Å². The third-order valence-corrected chi connectivity index (χ3v) is 4.44. The predicted octanol–water partition coefficient (Wildman–Crippen LogP) is 1.97. The maximum absolute atomic E-state index is 12.9. The van der Waals surface area contributed by atoms with Crippen LogP contribution in [-0.2, 0) is 15.9 Å². The Morgan fingerprint density at radius 2 is 2.00 bits per heavy atom. The molecule has 25 heavy (non-hydrogen) atoms. The quantitative estimate of drug-likeness (QED) is 0.721. The number of hydrogen-bond donors (Lipinski definition) is 0. The van der Waals surface area contributed by atoms with Crippen molar-refractivity contribution in [3.8, 4) is 0 Å². The molecule has 0 aromatic carbocycles. The summed E-state index contributed by atoms with van der Waals surface area (Å²) in [4.78, 5) is 23.1. The molecule has 0 unspecified atom stereocenters. The van der Waals surface area contributed by atoms with Crippen molar-refractivity contribution >= 4 is 5.91 Å². The zero-order valence-corrected chi connectivity index (χ0v) is 14.4. The van der Waals surface area contributed by atoms with E-state index in [1.807, 2.05) is 23.2 Å². The third kappa shape index (κ3) is 4.41. The van der Waals surface area contributed by atoms with E-state index in [-0.39, 0.29) is 18.1 Å². The Hall–Kier alpha value is -2.31. The lowest BCUT2D eigenvalue weighted by molar-refractivity contribution is 0.000477. The van der Waals surface area contributed by atoms with Crippen molar-refractivity contribution in [3.63, 3.8) is 0 Å². The first-order valence-electron chi connectivity index (χ1n) is 8.50. The lowest BCUT2D eigenvalue weighted by atomic mass is 10.0. The number of hydrogen-bond acceptors (Lipinski definition) is 5. The zero-order chi connectivity index (χ0) is 17.5. The van der Waals surface area contributed by atoms with Gasteiger partial charge in [-0.2, -0.15) is 0 Å². The number of nitrogens with zero attached hydrogens (tertiary/aromatic N) is 3. The fraction of sp³-hybridized carbons (Fsp3) is 0.421. The molecule has 0 aliphatic carbocycles. The van der Waals surface area contributed by atoms with Gasteiger partial charge in [-0.25, -0.2) is 0 Å². The number of aromatic nitrogens is 2. The third-order valence-electron chi connectivity index (χ3n) is 4.44. The Morgan fingerprint density at radius 1 is 1.20 bits per heavy atom. The van der Waals surface area contributed by atoms with Crippen molar-refractivity contribution in [2.24, 2.45) is 0 Å². The molecule has 1 aliphatic heterocycles. The summed E-state index contributed by atoms with van der Waals surface area (Å²) in [5.74, 6) is -0.000156. The Balaban J connectivity index is 1.77. The maximum atomic E-state index is 12.9. The highest BCUT2D eigenvalue weighted by atomic mass is 16.5. The van der Waals surface area contributed by atoms with Crippen LogP contribution >= 0.6 is 0 Å². The van der Waals surface area contributed by atoms with Gasteiger partial charge < -0.3 is 14.4 Å². The Labute approximate surface area is 147 Å². The van der Waals surface area contributed by atoms with Gasteiger partial charge in [0.15, 0.2) is 0 Å². The molecule has 2 aromatic rings. The molecule has 0 spiro atoms. The Kier molecular flexibility index (Phi) is 6.09. The lowest BCUT2D eigenvalue weighted by Gasteiger charge is -2.28. The predicted molar refractivity (Wildman–Crippen MR) is 93.2 cm³/mol. The van der Waals surface area contributed by atoms with Crippen LogP contribution in [0.5, 0.6) is 0 Å². The Bertz CT molecular complexity index is 666. The van der Waals surface area contributed by atoms with Crippen LogP contribution in [0.1, 0.15) is 22.3 Å². The average Bonchev–Trinajstić information content (AvgIpc) is 3.05. The molecule has 1 aliphatic rings. The van der Waals surface area contributed by atoms with E-state index in [1.54, 1.807) is 37.8 Å². The zero-order valence-electron chi connectivity index (χ0n) is 14.4. The van der Waals surface area contributed by atoms with Crippen molar-refractivity contribution < 1.29 is 14.3 Å². The fourth-order valence-corrected chi connectivity index (χ4v) is 3.21. The van der Waals surface area contributed by atoms with Crippen molar-refractivity contribution in [1.82, 2.24) is 14.9 Å². The van der Waals surface area contributed by atoms with Crippen molar-refractivity contribution in [2.45, 2.75) is 25.0 Å². The van der Waals surface area contributed by atoms with Gasteiger partial charge in [0.25, 0.3) is 5.91 Å². The van der Waals surface area contributed by atoms with Crippen LogP contribution in [0.25, 0.3) is 0 Å². The monoisotopic (exact) mass is 341 g/mol. The maximum Gasteiger partial charge on any atom is 0.255 e. The largest absolute Gasteiger partial charge is 0.382 e. The van der Waals surface area contributed by atoms with E-state index in [1.165, 1.54) is 0 Å². The van der Waals surface area contributed by atoms with Gasteiger partial charge in [-0.1, -0.05) is 6.07 Å². The molecule has 3 heterocycles. The minimum absolute atomic E-state index is 0.000156. The van der Waals surface area contributed by atoms with Crippen LogP contribution < -0.4 is 0 Å². The highest BCUT2D eigenvalue weighted by Crippen LogP contribution is 2.26. The molecule has 0 saturated carbocycles. The second-order valence-corrected chi connectivity index (χ2v) is 6.06. The van der Waals surface area contributed by atoms with E-state index in [4.69, 9.17) is 9.47 Å².